The van der Waals surface area contributed by atoms with Crippen molar-refractivity contribution in [2.75, 3.05) is 5.75 Å². The van der Waals surface area contributed by atoms with Crippen LogP contribution in [-0.2, 0) is 7.05 Å². The van der Waals surface area contributed by atoms with Gasteiger partial charge in [0.15, 0.2) is 5.78 Å². The van der Waals surface area contributed by atoms with Gasteiger partial charge >= 0.3 is 0 Å². The number of halogens is 1. The second kappa shape index (κ2) is 5.36. The van der Waals surface area contributed by atoms with Gasteiger partial charge in [0.2, 0.25) is 0 Å². The number of Topliss-reactive ketones (excluding diaryl/α,β-unsaturated/α-hetero) is 1. The lowest BCUT2D eigenvalue weighted by atomic mass is 10.2. The highest BCUT2D eigenvalue weighted by atomic mass is 79.9. The standard InChI is InChI=1S/C11H15BrN2OS2/c1-6-7(2)17-9(5-16-6)11(15)10-8(12)4-13-14(10)3/h4,6-7,9H,5H2,1-3H3. The fourth-order valence-electron chi connectivity index (χ4n) is 1.76. The molecule has 17 heavy (non-hydrogen) atoms. The van der Waals surface area contributed by atoms with E-state index < -0.39 is 0 Å². The number of aromatic nitrogens is 2. The molecule has 0 saturated carbocycles. The normalized spacial score (nSPS) is 29.3. The summed E-state index contributed by atoms with van der Waals surface area (Å²) in [6.45, 7) is 4.42. The van der Waals surface area contributed by atoms with E-state index in [0.29, 0.717) is 16.2 Å². The molecule has 0 spiro atoms. The lowest BCUT2D eigenvalue weighted by molar-refractivity contribution is 0.0985. The van der Waals surface area contributed by atoms with Crippen LogP contribution in [0, 0.1) is 0 Å². The molecule has 0 amide bonds. The van der Waals surface area contributed by atoms with Crippen LogP contribution >= 0.6 is 39.5 Å². The second-order valence-electron chi connectivity index (χ2n) is 4.20. The molecule has 1 aromatic heterocycles. The van der Waals surface area contributed by atoms with E-state index in [9.17, 15) is 4.79 Å². The molecule has 3 nitrogen and oxygen atoms in total. The summed E-state index contributed by atoms with van der Waals surface area (Å²) in [6, 6.07) is 0. The van der Waals surface area contributed by atoms with Crippen LogP contribution in [0.25, 0.3) is 0 Å². The largest absolute Gasteiger partial charge is 0.291 e. The fraction of sp³-hybridized carbons (Fsp3) is 0.636. The van der Waals surface area contributed by atoms with Crippen LogP contribution in [0.5, 0.6) is 0 Å². The van der Waals surface area contributed by atoms with Crippen molar-refractivity contribution in [3.8, 4) is 0 Å². The summed E-state index contributed by atoms with van der Waals surface area (Å²) in [7, 11) is 1.81. The molecule has 0 N–H and O–H groups in total. The van der Waals surface area contributed by atoms with Gasteiger partial charge in [-0.3, -0.25) is 9.48 Å². The summed E-state index contributed by atoms with van der Waals surface area (Å²) in [6.07, 6.45) is 1.68. The Morgan fingerprint density at radius 1 is 1.53 bits per heavy atom. The second-order valence-corrected chi connectivity index (χ2v) is 8.05. The van der Waals surface area contributed by atoms with Crippen LogP contribution in [0.1, 0.15) is 24.3 Å². The van der Waals surface area contributed by atoms with Crippen molar-refractivity contribution in [3.63, 3.8) is 0 Å². The van der Waals surface area contributed by atoms with Gasteiger partial charge in [0.25, 0.3) is 0 Å². The Hall–Kier alpha value is 0.0600. The molecule has 2 rings (SSSR count). The van der Waals surface area contributed by atoms with Crippen molar-refractivity contribution < 1.29 is 4.79 Å². The average Bonchev–Trinajstić information content (AvgIpc) is 2.62. The predicted octanol–water partition coefficient (Wildman–Crippen LogP) is 2.99. The van der Waals surface area contributed by atoms with Crippen LogP contribution in [-0.4, -0.2) is 37.1 Å². The van der Waals surface area contributed by atoms with Crippen LogP contribution in [0.2, 0.25) is 0 Å². The Labute approximate surface area is 118 Å². The van der Waals surface area contributed by atoms with Gasteiger partial charge in [-0.1, -0.05) is 13.8 Å². The lowest BCUT2D eigenvalue weighted by Gasteiger charge is -2.30. The Kier molecular flexibility index (Phi) is 4.26. The molecule has 94 valence electrons. The lowest BCUT2D eigenvalue weighted by Crippen LogP contribution is -2.32. The molecule has 1 aliphatic rings. The quantitative estimate of drug-likeness (QED) is 0.779. The summed E-state index contributed by atoms with van der Waals surface area (Å²) >= 11 is 7.06. The summed E-state index contributed by atoms with van der Waals surface area (Å²) < 4.78 is 2.45. The molecule has 1 aliphatic heterocycles. The highest BCUT2D eigenvalue weighted by Crippen LogP contribution is 2.37. The number of nitrogens with zero attached hydrogens (tertiary/aromatic N) is 2. The molecule has 3 atom stereocenters. The van der Waals surface area contributed by atoms with Crippen molar-refractivity contribution in [2.45, 2.75) is 29.6 Å². The maximum absolute atomic E-state index is 12.4. The van der Waals surface area contributed by atoms with Crippen LogP contribution in [0.3, 0.4) is 0 Å². The molecule has 1 saturated heterocycles. The van der Waals surface area contributed by atoms with E-state index in [1.54, 1.807) is 22.6 Å². The van der Waals surface area contributed by atoms with Crippen molar-refractivity contribution in [2.24, 2.45) is 7.05 Å². The summed E-state index contributed by atoms with van der Waals surface area (Å²) in [4.78, 5) is 12.4. The maximum atomic E-state index is 12.4. The molecular weight excluding hydrogens is 320 g/mol. The third-order valence-electron chi connectivity index (χ3n) is 2.97. The SMILES string of the molecule is CC1SCC(C(=O)c2c(Br)cnn2C)SC1C. The van der Waals surface area contributed by atoms with E-state index in [1.807, 2.05) is 18.8 Å². The fourth-order valence-corrected chi connectivity index (χ4v) is 5.16. The molecular formula is C11H15BrN2OS2. The van der Waals surface area contributed by atoms with Gasteiger partial charge in [-0.05, 0) is 15.9 Å². The zero-order chi connectivity index (χ0) is 12.6. The Balaban J connectivity index is 2.16. The number of ketones is 1. The van der Waals surface area contributed by atoms with Gasteiger partial charge < -0.3 is 0 Å². The average molecular weight is 335 g/mol. The molecule has 0 aromatic carbocycles. The first-order valence-electron chi connectivity index (χ1n) is 5.49. The van der Waals surface area contributed by atoms with Gasteiger partial charge in [0.1, 0.15) is 5.69 Å². The number of aryl methyl sites for hydroxylation is 1. The van der Waals surface area contributed by atoms with Gasteiger partial charge in [-0.25, -0.2) is 0 Å². The van der Waals surface area contributed by atoms with E-state index in [4.69, 9.17) is 0 Å². The number of hydrogen-bond acceptors (Lipinski definition) is 4. The Morgan fingerprint density at radius 2 is 2.24 bits per heavy atom. The third-order valence-corrected chi connectivity index (χ3v) is 6.94. The molecule has 0 radical (unpaired) electrons. The van der Waals surface area contributed by atoms with Crippen LogP contribution < -0.4 is 0 Å². The van der Waals surface area contributed by atoms with E-state index in [2.05, 4.69) is 34.9 Å². The van der Waals surface area contributed by atoms with E-state index in [0.717, 1.165) is 10.2 Å². The first-order chi connectivity index (χ1) is 8.00. The minimum Gasteiger partial charge on any atom is -0.291 e. The zero-order valence-electron chi connectivity index (χ0n) is 10.0. The van der Waals surface area contributed by atoms with Crippen molar-refractivity contribution in [1.29, 1.82) is 0 Å². The molecule has 2 heterocycles. The van der Waals surface area contributed by atoms with E-state index >= 15 is 0 Å². The molecule has 1 fully saturated rings. The Bertz CT molecular complexity index is 416. The van der Waals surface area contributed by atoms with Crippen molar-refractivity contribution in [3.05, 3.63) is 16.4 Å². The monoisotopic (exact) mass is 334 g/mol. The number of rotatable bonds is 2. The van der Waals surface area contributed by atoms with Crippen LogP contribution in [0.4, 0.5) is 0 Å². The van der Waals surface area contributed by atoms with E-state index in [1.165, 1.54) is 0 Å². The first kappa shape index (κ1) is 13.5. The Morgan fingerprint density at radius 3 is 2.76 bits per heavy atom. The topological polar surface area (TPSA) is 34.9 Å². The summed E-state index contributed by atoms with van der Waals surface area (Å²) in [5.41, 5.74) is 0.685. The van der Waals surface area contributed by atoms with Crippen molar-refractivity contribution >= 4 is 45.2 Å². The van der Waals surface area contributed by atoms with Gasteiger partial charge in [-0.2, -0.15) is 16.9 Å². The minimum absolute atomic E-state index is 0.0536. The third kappa shape index (κ3) is 2.74. The molecule has 6 heteroatoms. The molecule has 3 unspecified atom stereocenters. The molecule has 1 aromatic rings. The summed E-state index contributed by atoms with van der Waals surface area (Å²) in [5.74, 6) is 1.08. The zero-order valence-corrected chi connectivity index (χ0v) is 13.2. The highest BCUT2D eigenvalue weighted by Gasteiger charge is 2.32. The van der Waals surface area contributed by atoms with E-state index in [-0.39, 0.29) is 11.0 Å². The number of carbonyl (C=O) groups excluding carboxylic acids is 1. The number of thioether (sulfide) groups is 2. The van der Waals surface area contributed by atoms with Gasteiger partial charge in [0, 0.05) is 23.3 Å². The summed E-state index contributed by atoms with van der Waals surface area (Å²) in [5, 5.41) is 5.30. The smallest absolute Gasteiger partial charge is 0.195 e. The number of hydrogen-bond donors (Lipinski definition) is 0. The number of carbonyl (C=O) groups is 1. The highest BCUT2D eigenvalue weighted by molar-refractivity contribution is 9.10. The van der Waals surface area contributed by atoms with Gasteiger partial charge in [0.05, 0.1) is 15.9 Å². The predicted molar refractivity (Wildman–Crippen MR) is 78.0 cm³/mol. The maximum Gasteiger partial charge on any atom is 0.195 e. The minimum atomic E-state index is 0.0536. The van der Waals surface area contributed by atoms with Gasteiger partial charge in [-0.15, -0.1) is 11.8 Å². The molecule has 0 bridgehead atoms. The van der Waals surface area contributed by atoms with Crippen LogP contribution in [0.15, 0.2) is 10.7 Å². The van der Waals surface area contributed by atoms with Crippen molar-refractivity contribution in [1.82, 2.24) is 9.78 Å². The first-order valence-corrected chi connectivity index (χ1v) is 8.28. The molecule has 0 aliphatic carbocycles.